The molecule has 0 aliphatic rings. The van der Waals surface area contributed by atoms with Crippen LogP contribution in [0.25, 0.3) is 33.8 Å². The fraction of sp³-hybridized carbons (Fsp3) is 0.182. The van der Waals surface area contributed by atoms with E-state index in [1.54, 1.807) is 50.4 Å². The Morgan fingerprint density at radius 1 is 0.510 bits per heavy atom. The third-order valence-electron chi connectivity index (χ3n) is 7.19. The minimum Gasteiger partial charge on any atom is -0.424 e. The molecule has 0 saturated heterocycles. The summed E-state index contributed by atoms with van der Waals surface area (Å²) in [5.41, 5.74) is 4.83. The number of hydrogen-bond acceptors (Lipinski definition) is 13. The minimum absolute atomic E-state index is 0.0243. The van der Waals surface area contributed by atoms with Crippen molar-refractivity contribution in [2.45, 2.75) is 32.2 Å². The van der Waals surface area contributed by atoms with Crippen LogP contribution in [-0.4, -0.2) is 59.9 Å². The first-order valence-electron chi connectivity index (χ1n) is 15.2. The van der Waals surface area contributed by atoms with Crippen LogP contribution in [-0.2, 0) is 7.05 Å². The summed E-state index contributed by atoms with van der Waals surface area (Å²) in [6.45, 7) is 6.00. The molecule has 0 aliphatic carbocycles. The van der Waals surface area contributed by atoms with Crippen molar-refractivity contribution in [3.8, 4) is 69.1 Å². The molecule has 0 unspecified atom stereocenters. The van der Waals surface area contributed by atoms with Crippen LogP contribution in [0, 0.1) is 0 Å². The molecule has 0 amide bonds. The first kappa shape index (κ1) is 31.4. The molecule has 7 aromatic rings. The molecule has 16 heteroatoms. The maximum atomic E-state index is 6.04. The number of aromatic nitrogens is 12. The van der Waals surface area contributed by atoms with E-state index in [2.05, 4.69) is 58.5 Å². The second-order valence-corrected chi connectivity index (χ2v) is 12.0. The quantitative estimate of drug-likeness (QED) is 0.147. The normalized spacial score (nSPS) is 11.9. The van der Waals surface area contributed by atoms with Gasteiger partial charge in [-0.2, -0.15) is 12.6 Å². The zero-order valence-electron chi connectivity index (χ0n) is 26.9. The Balaban J connectivity index is 1.13. The van der Waals surface area contributed by atoms with E-state index in [1.807, 2.05) is 82.8 Å². The fourth-order valence-corrected chi connectivity index (χ4v) is 4.70. The predicted octanol–water partition coefficient (Wildman–Crippen LogP) is 6.59. The van der Waals surface area contributed by atoms with E-state index in [9.17, 15) is 0 Å². The van der Waals surface area contributed by atoms with Gasteiger partial charge in [-0.25, -0.2) is 9.36 Å². The van der Waals surface area contributed by atoms with Crippen LogP contribution in [0.3, 0.4) is 0 Å². The zero-order valence-corrected chi connectivity index (χ0v) is 27.7. The lowest BCUT2D eigenvalue weighted by Gasteiger charge is -2.10. The summed E-state index contributed by atoms with van der Waals surface area (Å²) in [6, 6.07) is 22.1. The molecule has 7 rings (SSSR count). The van der Waals surface area contributed by atoms with Gasteiger partial charge >= 0.3 is 18.0 Å². The van der Waals surface area contributed by atoms with Crippen LogP contribution in [0.15, 0.2) is 91.4 Å². The first-order valence-corrected chi connectivity index (χ1v) is 15.8. The van der Waals surface area contributed by atoms with Crippen molar-refractivity contribution in [3.05, 3.63) is 91.4 Å². The molecule has 4 aromatic heterocycles. The number of thiol groups is 1. The van der Waals surface area contributed by atoms with E-state index >= 15 is 0 Å². The van der Waals surface area contributed by atoms with Crippen LogP contribution >= 0.6 is 12.6 Å². The Kier molecular flexibility index (Phi) is 8.68. The zero-order chi connectivity index (χ0) is 33.9. The Hall–Kier alpha value is -6.16. The SMILES string of the molecule is CC(C)n1cc(-c2ccc(Oc3nc(Oc4ccc(-c5cn(C)nn5)cc4)nc(Oc4ccc(-c5cn([C@@H](C)S)nn5)cc4)n3)cc2)nn1. The number of rotatable bonds is 11. The maximum absolute atomic E-state index is 6.04. The molecule has 0 aliphatic heterocycles. The molecule has 246 valence electrons. The van der Waals surface area contributed by atoms with E-state index in [1.165, 1.54) is 0 Å². The Labute approximate surface area is 286 Å². The monoisotopic (exact) mass is 674 g/mol. The van der Waals surface area contributed by atoms with Gasteiger partial charge in [0.05, 0.1) is 24.0 Å². The highest BCUT2D eigenvalue weighted by Gasteiger charge is 2.15. The van der Waals surface area contributed by atoms with Crippen molar-refractivity contribution in [2.75, 3.05) is 0 Å². The highest BCUT2D eigenvalue weighted by molar-refractivity contribution is 7.80. The summed E-state index contributed by atoms with van der Waals surface area (Å²) in [6.07, 6.45) is 5.56. The summed E-state index contributed by atoms with van der Waals surface area (Å²) in [7, 11) is 1.81. The number of ether oxygens (including phenoxy) is 3. The van der Waals surface area contributed by atoms with E-state index in [-0.39, 0.29) is 29.4 Å². The second-order valence-electron chi connectivity index (χ2n) is 11.2. The molecule has 0 bridgehead atoms. The molecule has 4 heterocycles. The van der Waals surface area contributed by atoms with Gasteiger partial charge in [0.15, 0.2) is 0 Å². The average molecular weight is 675 g/mol. The Morgan fingerprint density at radius 3 is 1.20 bits per heavy atom. The largest absolute Gasteiger partial charge is 0.424 e. The summed E-state index contributed by atoms with van der Waals surface area (Å²) in [4.78, 5) is 13.2. The molecular weight excluding hydrogens is 645 g/mol. The summed E-state index contributed by atoms with van der Waals surface area (Å²) in [5, 5.41) is 24.8. The maximum Gasteiger partial charge on any atom is 0.331 e. The fourth-order valence-electron chi connectivity index (χ4n) is 4.59. The lowest BCUT2D eigenvalue weighted by molar-refractivity contribution is 0.362. The molecular formula is C33H30N12O3S. The Bertz CT molecular complexity index is 2070. The van der Waals surface area contributed by atoms with E-state index in [4.69, 9.17) is 14.2 Å². The van der Waals surface area contributed by atoms with Crippen molar-refractivity contribution < 1.29 is 14.2 Å². The van der Waals surface area contributed by atoms with Crippen molar-refractivity contribution in [1.29, 1.82) is 0 Å². The predicted molar refractivity (Wildman–Crippen MR) is 181 cm³/mol. The molecule has 3 aromatic carbocycles. The van der Waals surface area contributed by atoms with Crippen LogP contribution in [0.5, 0.6) is 35.3 Å². The van der Waals surface area contributed by atoms with Gasteiger partial charge in [0, 0.05) is 29.8 Å². The molecule has 1 atom stereocenters. The van der Waals surface area contributed by atoms with Crippen LogP contribution < -0.4 is 14.2 Å². The molecule has 15 nitrogen and oxygen atoms in total. The van der Waals surface area contributed by atoms with Gasteiger partial charge in [0.2, 0.25) is 0 Å². The van der Waals surface area contributed by atoms with E-state index in [0.717, 1.165) is 28.1 Å². The highest BCUT2D eigenvalue weighted by Crippen LogP contribution is 2.30. The number of benzene rings is 3. The van der Waals surface area contributed by atoms with Crippen molar-refractivity contribution in [2.24, 2.45) is 7.05 Å². The van der Waals surface area contributed by atoms with Gasteiger partial charge in [-0.15, -0.1) is 30.2 Å². The summed E-state index contributed by atoms with van der Waals surface area (Å²) >= 11 is 4.40. The highest BCUT2D eigenvalue weighted by atomic mass is 32.1. The molecule has 49 heavy (non-hydrogen) atoms. The number of hydrogen-bond donors (Lipinski definition) is 1. The standard InChI is InChI=1S/C33H30N12O3S/c1-20(2)44-18-29(38-41-44)23-7-13-26(14-8-23)47-32-34-31(46-25-11-5-22(6-12-25)28-17-43(4)40-37-28)35-33(36-32)48-27-15-9-24(10-16-27)30-19-45(21(3)49)42-39-30/h5-21,49H,1-4H3/t21-/m1/s1. The van der Waals surface area contributed by atoms with Gasteiger partial charge in [0.25, 0.3) is 0 Å². The number of nitrogens with zero attached hydrogens (tertiary/aromatic N) is 12. The van der Waals surface area contributed by atoms with Crippen molar-refractivity contribution in [1.82, 2.24) is 59.9 Å². The molecule has 0 spiro atoms. The van der Waals surface area contributed by atoms with Crippen LogP contribution in [0.2, 0.25) is 0 Å². The first-order chi connectivity index (χ1) is 23.8. The smallest absolute Gasteiger partial charge is 0.331 e. The topological polar surface area (TPSA) is 158 Å². The third-order valence-corrected chi connectivity index (χ3v) is 7.42. The lowest BCUT2D eigenvalue weighted by atomic mass is 10.1. The molecule has 0 saturated carbocycles. The van der Waals surface area contributed by atoms with Crippen LogP contribution in [0.1, 0.15) is 32.2 Å². The lowest BCUT2D eigenvalue weighted by Crippen LogP contribution is -2.01. The Morgan fingerprint density at radius 2 is 0.878 bits per heavy atom. The number of aryl methyl sites for hydroxylation is 1. The van der Waals surface area contributed by atoms with E-state index < -0.39 is 0 Å². The summed E-state index contributed by atoms with van der Waals surface area (Å²) in [5.74, 6) is 1.46. The van der Waals surface area contributed by atoms with E-state index in [0.29, 0.717) is 22.9 Å². The van der Waals surface area contributed by atoms with Gasteiger partial charge < -0.3 is 14.2 Å². The average Bonchev–Trinajstić information content (AvgIpc) is 3.88. The third kappa shape index (κ3) is 7.38. The van der Waals surface area contributed by atoms with Crippen LogP contribution in [0.4, 0.5) is 0 Å². The van der Waals surface area contributed by atoms with Gasteiger partial charge in [-0.05, 0) is 93.6 Å². The van der Waals surface area contributed by atoms with Crippen molar-refractivity contribution in [3.63, 3.8) is 0 Å². The molecule has 0 N–H and O–H groups in total. The molecule has 0 fully saturated rings. The van der Waals surface area contributed by atoms with Crippen molar-refractivity contribution >= 4 is 12.6 Å². The summed E-state index contributed by atoms with van der Waals surface area (Å²) < 4.78 is 23.2. The molecule has 0 radical (unpaired) electrons. The van der Waals surface area contributed by atoms with Gasteiger partial charge in [0.1, 0.15) is 34.3 Å². The second kappa shape index (κ2) is 13.5. The van der Waals surface area contributed by atoms with Gasteiger partial charge in [-0.1, -0.05) is 15.6 Å². The minimum atomic E-state index is -0.0959. The van der Waals surface area contributed by atoms with Gasteiger partial charge in [-0.3, -0.25) is 4.68 Å².